The number of esters is 1. The van der Waals surface area contributed by atoms with Gasteiger partial charge in [-0.15, -0.1) is 0 Å². The average molecular weight is 683 g/mol. The SMILES string of the molecule is CC[C@]12CC[C@H]3[C@@H](C(=O)C[C@@H]4[C@@H](O[Si](c5ccccc5)(c5ccccc5)C(C)(C)C)CCC(=O)[C@@]43C(=O)OC)[C@@]1(O)CC[C@@H]2c1ccco1. The van der Waals surface area contributed by atoms with E-state index in [1.54, 1.807) is 6.26 Å². The van der Waals surface area contributed by atoms with Crippen LogP contribution < -0.4 is 10.4 Å². The highest BCUT2D eigenvalue weighted by atomic mass is 28.4. The maximum atomic E-state index is 14.8. The first-order chi connectivity index (χ1) is 23.4. The predicted octanol–water partition coefficient (Wildman–Crippen LogP) is 6.37. The van der Waals surface area contributed by atoms with Crippen molar-refractivity contribution < 1.29 is 33.1 Å². The molecule has 49 heavy (non-hydrogen) atoms. The number of carbonyl (C=O) groups excluding carboxylic acids is 3. The van der Waals surface area contributed by atoms with Gasteiger partial charge in [0.2, 0.25) is 0 Å². The van der Waals surface area contributed by atoms with Crippen molar-refractivity contribution in [2.45, 2.75) is 102 Å². The van der Waals surface area contributed by atoms with Crippen LogP contribution in [0.15, 0.2) is 83.5 Å². The second kappa shape index (κ2) is 12.2. The van der Waals surface area contributed by atoms with E-state index < -0.39 is 54.6 Å². The molecule has 8 atom stereocenters. The normalized spacial score (nSPS) is 34.5. The fourth-order valence-electron chi connectivity index (χ4n) is 11.5. The molecule has 0 spiro atoms. The molecule has 0 unspecified atom stereocenters. The summed E-state index contributed by atoms with van der Waals surface area (Å²) >= 11 is 0. The van der Waals surface area contributed by atoms with Gasteiger partial charge in [-0.3, -0.25) is 14.4 Å². The van der Waals surface area contributed by atoms with E-state index in [1.807, 2.05) is 48.5 Å². The van der Waals surface area contributed by atoms with Gasteiger partial charge in [0.15, 0.2) is 5.78 Å². The molecule has 4 saturated carbocycles. The molecule has 3 aromatic rings. The van der Waals surface area contributed by atoms with Gasteiger partial charge >= 0.3 is 5.97 Å². The summed E-state index contributed by atoms with van der Waals surface area (Å²) < 4.78 is 19.1. The Morgan fingerprint density at radius 2 is 1.57 bits per heavy atom. The molecule has 2 aromatic carbocycles. The number of carbonyl (C=O) groups is 3. The first-order valence-electron chi connectivity index (χ1n) is 18.1. The van der Waals surface area contributed by atoms with Crippen molar-refractivity contribution in [3.05, 3.63) is 84.8 Å². The van der Waals surface area contributed by atoms with Crippen molar-refractivity contribution in [1.29, 1.82) is 0 Å². The lowest BCUT2D eigenvalue weighted by atomic mass is 9.41. The largest absolute Gasteiger partial charge is 0.469 e. The summed E-state index contributed by atoms with van der Waals surface area (Å²) in [5.41, 5.74) is -3.56. The highest BCUT2D eigenvalue weighted by Crippen LogP contribution is 2.71. The second-order valence-corrected chi connectivity index (χ2v) is 20.3. The van der Waals surface area contributed by atoms with Crippen molar-refractivity contribution >= 4 is 36.2 Å². The van der Waals surface area contributed by atoms with E-state index in [4.69, 9.17) is 13.6 Å². The molecule has 4 aliphatic carbocycles. The maximum absolute atomic E-state index is 14.8. The summed E-state index contributed by atoms with van der Waals surface area (Å²) in [5.74, 6) is -2.29. The Morgan fingerprint density at radius 3 is 2.12 bits per heavy atom. The van der Waals surface area contributed by atoms with Crippen LogP contribution in [0, 0.1) is 28.6 Å². The predicted molar refractivity (Wildman–Crippen MR) is 189 cm³/mol. The van der Waals surface area contributed by atoms with E-state index in [1.165, 1.54) is 7.11 Å². The van der Waals surface area contributed by atoms with Crippen LogP contribution in [0.3, 0.4) is 0 Å². The lowest BCUT2D eigenvalue weighted by Crippen LogP contribution is -2.73. The van der Waals surface area contributed by atoms with Gasteiger partial charge < -0.3 is 18.7 Å². The molecular weight excluding hydrogens is 633 g/mol. The number of ketones is 2. The van der Waals surface area contributed by atoms with Crippen LogP contribution in [0.1, 0.15) is 90.7 Å². The van der Waals surface area contributed by atoms with Crippen molar-refractivity contribution in [2.75, 3.05) is 7.11 Å². The Morgan fingerprint density at radius 1 is 0.918 bits per heavy atom. The third-order valence-corrected chi connectivity index (χ3v) is 18.5. The number of furan rings is 1. The van der Waals surface area contributed by atoms with Crippen LogP contribution in [0.2, 0.25) is 5.04 Å². The molecule has 0 radical (unpaired) electrons. The molecule has 7 nitrogen and oxygen atoms in total. The topological polar surface area (TPSA) is 103 Å². The van der Waals surface area contributed by atoms with Crippen LogP contribution in [0.4, 0.5) is 0 Å². The van der Waals surface area contributed by atoms with E-state index in [9.17, 15) is 19.5 Å². The monoisotopic (exact) mass is 682 g/mol. The van der Waals surface area contributed by atoms with Gasteiger partial charge in [0.1, 0.15) is 17.0 Å². The molecule has 0 saturated heterocycles. The fourth-order valence-corrected chi connectivity index (χ4v) is 16.3. The number of rotatable bonds is 7. The zero-order chi connectivity index (χ0) is 34.8. The molecule has 4 fully saturated rings. The number of hydrogen-bond acceptors (Lipinski definition) is 7. The molecule has 0 aliphatic heterocycles. The van der Waals surface area contributed by atoms with Crippen LogP contribution in [-0.4, -0.2) is 49.8 Å². The second-order valence-electron chi connectivity index (χ2n) is 16.1. The summed E-state index contributed by atoms with van der Waals surface area (Å²) in [6, 6.07) is 24.5. The third-order valence-electron chi connectivity index (χ3n) is 13.5. The van der Waals surface area contributed by atoms with Crippen molar-refractivity contribution in [2.24, 2.45) is 28.6 Å². The number of methoxy groups -OCH3 is 1. The standard InChI is InChI=1S/C41H50O7Si/c1-6-39-23-21-30-36(40(39,45)24-22-29(39)33-18-13-25-47-33)32(42)26-31-34(19-20-35(43)41(30,31)37(44)46-5)48-49(38(2,3)4,27-14-9-7-10-15-27)28-16-11-8-12-17-28/h7-18,25,29-31,34,36,45H,6,19-24,26H2,1-5H3/t29-,30+,31-,34+,36+,39-,40+,41+/m1/s1. The summed E-state index contributed by atoms with van der Waals surface area (Å²) in [4.78, 5) is 43.8. The number of benzene rings is 2. The zero-order valence-electron chi connectivity index (χ0n) is 29.4. The minimum Gasteiger partial charge on any atom is -0.469 e. The first kappa shape index (κ1) is 34.1. The summed E-state index contributed by atoms with van der Waals surface area (Å²) in [6.07, 6.45) is 4.47. The molecule has 4 aliphatic rings. The van der Waals surface area contributed by atoms with Crippen LogP contribution >= 0.6 is 0 Å². The number of ether oxygens (including phenoxy) is 1. The average Bonchev–Trinajstić information content (AvgIpc) is 3.74. The van der Waals surface area contributed by atoms with E-state index in [2.05, 4.69) is 52.0 Å². The minimum absolute atomic E-state index is 0.0155. The van der Waals surface area contributed by atoms with Gasteiger partial charge in [-0.2, -0.15) is 0 Å². The minimum atomic E-state index is -3.11. The van der Waals surface area contributed by atoms with E-state index >= 15 is 0 Å². The molecule has 1 N–H and O–H groups in total. The van der Waals surface area contributed by atoms with Crippen molar-refractivity contribution in [1.82, 2.24) is 0 Å². The Hall–Kier alpha value is -3.33. The van der Waals surface area contributed by atoms with Gasteiger partial charge in [0.25, 0.3) is 8.32 Å². The number of fused-ring (bicyclic) bond motifs is 5. The summed E-state index contributed by atoms with van der Waals surface area (Å²) in [5, 5.41) is 14.8. The highest BCUT2D eigenvalue weighted by molar-refractivity contribution is 6.99. The Bertz CT molecular complexity index is 1650. The van der Waals surface area contributed by atoms with E-state index in [0.717, 1.165) is 16.1 Å². The molecule has 260 valence electrons. The molecule has 0 bridgehead atoms. The Kier molecular flexibility index (Phi) is 8.47. The van der Waals surface area contributed by atoms with Crippen molar-refractivity contribution in [3.63, 3.8) is 0 Å². The van der Waals surface area contributed by atoms with Crippen LogP contribution in [-0.2, 0) is 23.5 Å². The molecule has 8 heteroatoms. The maximum Gasteiger partial charge on any atom is 0.320 e. The van der Waals surface area contributed by atoms with Crippen LogP contribution in [0.5, 0.6) is 0 Å². The lowest BCUT2D eigenvalue weighted by molar-refractivity contribution is -0.219. The third kappa shape index (κ3) is 4.62. The highest BCUT2D eigenvalue weighted by Gasteiger charge is 2.76. The van der Waals surface area contributed by atoms with Gasteiger partial charge in [-0.25, -0.2) is 0 Å². The van der Waals surface area contributed by atoms with Crippen LogP contribution in [0.25, 0.3) is 0 Å². The van der Waals surface area contributed by atoms with E-state index in [-0.39, 0.29) is 35.4 Å². The molecule has 1 heterocycles. The fraction of sp³-hybridized carbons (Fsp3) is 0.537. The van der Waals surface area contributed by atoms with Gasteiger partial charge in [-0.1, -0.05) is 88.4 Å². The smallest absolute Gasteiger partial charge is 0.320 e. The summed E-state index contributed by atoms with van der Waals surface area (Å²) in [6.45, 7) is 8.70. The quantitative estimate of drug-likeness (QED) is 0.176. The number of Topliss-reactive ketones (excluding diaryl/α,β-unsaturated/α-hetero) is 2. The lowest BCUT2D eigenvalue weighted by Gasteiger charge is -2.63. The van der Waals surface area contributed by atoms with Gasteiger partial charge in [-0.05, 0) is 72.0 Å². The van der Waals surface area contributed by atoms with Crippen molar-refractivity contribution in [3.8, 4) is 0 Å². The molecule has 7 rings (SSSR count). The summed E-state index contributed by atoms with van der Waals surface area (Å²) in [7, 11) is -1.76. The molecular formula is C41H50O7Si. The van der Waals surface area contributed by atoms with E-state index in [0.29, 0.717) is 38.5 Å². The first-order valence-corrected chi connectivity index (χ1v) is 20.0. The van der Waals surface area contributed by atoms with Gasteiger partial charge in [0.05, 0.1) is 31.0 Å². The van der Waals surface area contributed by atoms with Gasteiger partial charge in [0, 0.05) is 30.1 Å². The number of hydrogen-bond donors (Lipinski definition) is 1. The Balaban J connectivity index is 1.36. The number of aliphatic hydroxyl groups is 1. The molecule has 0 amide bonds. The Labute approximate surface area is 290 Å². The zero-order valence-corrected chi connectivity index (χ0v) is 30.4. The molecule has 1 aromatic heterocycles.